The number of amides is 1. The van der Waals surface area contributed by atoms with Gasteiger partial charge in [0.25, 0.3) is 0 Å². The molecule has 2 atom stereocenters. The molecule has 1 aliphatic rings. The van der Waals surface area contributed by atoms with Crippen molar-refractivity contribution in [3.05, 3.63) is 0 Å². The van der Waals surface area contributed by atoms with E-state index in [1.807, 2.05) is 0 Å². The lowest BCUT2D eigenvalue weighted by atomic mass is 10.0. The van der Waals surface area contributed by atoms with Gasteiger partial charge in [0.15, 0.2) is 0 Å². The molecular formula is C13H26N2O2. The van der Waals surface area contributed by atoms with Crippen LogP contribution in [0.25, 0.3) is 0 Å². The fourth-order valence-electron chi connectivity index (χ4n) is 2.00. The maximum absolute atomic E-state index is 11.8. The largest absolute Gasteiger partial charge is 0.381 e. The second kappa shape index (κ2) is 7.67. The van der Waals surface area contributed by atoms with E-state index in [9.17, 15) is 4.79 Å². The summed E-state index contributed by atoms with van der Waals surface area (Å²) < 4.78 is 5.46. The lowest BCUT2D eigenvalue weighted by Gasteiger charge is -2.15. The predicted molar refractivity (Wildman–Crippen MR) is 68.9 cm³/mol. The van der Waals surface area contributed by atoms with Gasteiger partial charge in [-0.15, -0.1) is 0 Å². The van der Waals surface area contributed by atoms with Crippen LogP contribution in [-0.2, 0) is 9.53 Å². The smallest absolute Gasteiger partial charge is 0.237 e. The average molecular weight is 242 g/mol. The van der Waals surface area contributed by atoms with Gasteiger partial charge in [-0.05, 0) is 31.2 Å². The average Bonchev–Trinajstić information content (AvgIpc) is 2.69. The Hall–Kier alpha value is -0.610. The van der Waals surface area contributed by atoms with E-state index < -0.39 is 0 Å². The van der Waals surface area contributed by atoms with Gasteiger partial charge in [-0.2, -0.15) is 0 Å². The summed E-state index contributed by atoms with van der Waals surface area (Å²) in [6.07, 6.45) is 1.98. The highest BCUT2D eigenvalue weighted by atomic mass is 16.5. The minimum Gasteiger partial charge on any atom is -0.381 e. The van der Waals surface area contributed by atoms with Crippen LogP contribution < -0.4 is 10.6 Å². The quantitative estimate of drug-likeness (QED) is 0.659. The number of rotatable bonds is 7. The highest BCUT2D eigenvalue weighted by Crippen LogP contribution is 2.13. The number of ether oxygens (including phenoxy) is 1. The van der Waals surface area contributed by atoms with Crippen molar-refractivity contribution < 1.29 is 9.53 Å². The van der Waals surface area contributed by atoms with Crippen LogP contribution in [0.15, 0.2) is 0 Å². The molecule has 1 amide bonds. The lowest BCUT2D eigenvalue weighted by molar-refractivity contribution is -0.123. The van der Waals surface area contributed by atoms with Crippen LogP contribution in [0.5, 0.6) is 0 Å². The summed E-state index contributed by atoms with van der Waals surface area (Å²) in [5, 5.41) is 6.19. The highest BCUT2D eigenvalue weighted by molar-refractivity contribution is 5.82. The van der Waals surface area contributed by atoms with Gasteiger partial charge in [-0.3, -0.25) is 4.79 Å². The zero-order chi connectivity index (χ0) is 12.7. The first-order chi connectivity index (χ1) is 8.11. The van der Waals surface area contributed by atoms with Crippen molar-refractivity contribution in [1.82, 2.24) is 10.6 Å². The molecule has 0 aromatic heterocycles. The van der Waals surface area contributed by atoms with Crippen LogP contribution >= 0.6 is 0 Å². The first-order valence-electron chi connectivity index (χ1n) is 6.70. The summed E-state index contributed by atoms with van der Waals surface area (Å²) in [7, 11) is 0. The molecule has 0 spiro atoms. The van der Waals surface area contributed by atoms with Gasteiger partial charge in [0.1, 0.15) is 0 Å². The first-order valence-corrected chi connectivity index (χ1v) is 6.70. The predicted octanol–water partition coefficient (Wildman–Crippen LogP) is 1.16. The van der Waals surface area contributed by atoms with E-state index in [1.165, 1.54) is 0 Å². The van der Waals surface area contributed by atoms with Crippen LogP contribution in [0.4, 0.5) is 0 Å². The third-order valence-corrected chi connectivity index (χ3v) is 3.03. The Labute approximate surface area is 104 Å². The molecule has 0 saturated carbocycles. The number of carbonyl (C=O) groups is 1. The van der Waals surface area contributed by atoms with Gasteiger partial charge in [0.2, 0.25) is 5.91 Å². The second-order valence-electron chi connectivity index (χ2n) is 5.31. The van der Waals surface area contributed by atoms with Crippen LogP contribution in [-0.4, -0.2) is 38.3 Å². The molecule has 1 fully saturated rings. The zero-order valence-corrected chi connectivity index (χ0v) is 11.3. The molecule has 2 N–H and O–H groups in total. The standard InChI is InChI=1S/C13H26N2O2/c1-10(2)9-17-8-4-6-15-13(16)12-11(3)5-7-14-12/h10-12,14H,4-9H2,1-3H3,(H,15,16). The summed E-state index contributed by atoms with van der Waals surface area (Å²) >= 11 is 0. The van der Waals surface area contributed by atoms with E-state index >= 15 is 0 Å². The van der Waals surface area contributed by atoms with Gasteiger partial charge >= 0.3 is 0 Å². The topological polar surface area (TPSA) is 50.4 Å². The molecular weight excluding hydrogens is 216 g/mol. The Morgan fingerprint density at radius 3 is 2.88 bits per heavy atom. The van der Waals surface area contributed by atoms with Gasteiger partial charge in [-0.25, -0.2) is 0 Å². The molecule has 4 heteroatoms. The van der Waals surface area contributed by atoms with Crippen molar-refractivity contribution in [2.45, 2.75) is 39.7 Å². The van der Waals surface area contributed by atoms with Crippen molar-refractivity contribution in [1.29, 1.82) is 0 Å². The monoisotopic (exact) mass is 242 g/mol. The lowest BCUT2D eigenvalue weighted by Crippen LogP contribution is -2.43. The van der Waals surface area contributed by atoms with Crippen molar-refractivity contribution >= 4 is 5.91 Å². The zero-order valence-electron chi connectivity index (χ0n) is 11.3. The Balaban J connectivity index is 2.00. The van der Waals surface area contributed by atoms with E-state index in [4.69, 9.17) is 4.74 Å². The minimum absolute atomic E-state index is 0.00609. The number of carbonyl (C=O) groups excluding carboxylic acids is 1. The summed E-state index contributed by atoms with van der Waals surface area (Å²) in [5.41, 5.74) is 0. The summed E-state index contributed by atoms with van der Waals surface area (Å²) in [6, 6.07) is 0.00609. The van der Waals surface area contributed by atoms with Crippen LogP contribution in [0.3, 0.4) is 0 Å². The SMILES string of the molecule is CC(C)COCCCNC(=O)C1NCCC1C. The second-order valence-corrected chi connectivity index (χ2v) is 5.31. The third-order valence-electron chi connectivity index (χ3n) is 3.03. The summed E-state index contributed by atoms with van der Waals surface area (Å²) in [6.45, 7) is 9.58. The van der Waals surface area contributed by atoms with Crippen molar-refractivity contribution in [3.8, 4) is 0 Å². The van der Waals surface area contributed by atoms with Gasteiger partial charge in [0.05, 0.1) is 6.04 Å². The van der Waals surface area contributed by atoms with Crippen LogP contribution in [0.2, 0.25) is 0 Å². The normalized spacial score (nSPS) is 24.2. The van der Waals surface area contributed by atoms with Crippen molar-refractivity contribution in [3.63, 3.8) is 0 Å². The van der Waals surface area contributed by atoms with Gasteiger partial charge in [-0.1, -0.05) is 20.8 Å². The minimum atomic E-state index is 0.00609. The molecule has 17 heavy (non-hydrogen) atoms. The molecule has 1 saturated heterocycles. The van der Waals surface area contributed by atoms with E-state index in [1.54, 1.807) is 0 Å². The first kappa shape index (κ1) is 14.5. The van der Waals surface area contributed by atoms with Crippen molar-refractivity contribution in [2.75, 3.05) is 26.3 Å². The molecule has 0 radical (unpaired) electrons. The van der Waals surface area contributed by atoms with E-state index in [-0.39, 0.29) is 11.9 Å². The molecule has 0 aromatic rings. The Morgan fingerprint density at radius 2 is 2.29 bits per heavy atom. The Kier molecular flexibility index (Phi) is 6.52. The molecule has 1 rings (SSSR count). The molecule has 1 heterocycles. The fourth-order valence-corrected chi connectivity index (χ4v) is 2.00. The Morgan fingerprint density at radius 1 is 1.53 bits per heavy atom. The van der Waals surface area contributed by atoms with E-state index in [0.29, 0.717) is 18.4 Å². The van der Waals surface area contributed by atoms with E-state index in [2.05, 4.69) is 31.4 Å². The summed E-state index contributed by atoms with van der Waals surface area (Å²) in [4.78, 5) is 11.8. The number of hydrogen-bond acceptors (Lipinski definition) is 3. The molecule has 0 aliphatic carbocycles. The molecule has 0 bridgehead atoms. The summed E-state index contributed by atoms with van der Waals surface area (Å²) in [5.74, 6) is 1.17. The van der Waals surface area contributed by atoms with Gasteiger partial charge in [0, 0.05) is 19.8 Å². The molecule has 2 unspecified atom stereocenters. The van der Waals surface area contributed by atoms with Crippen LogP contribution in [0, 0.1) is 11.8 Å². The third kappa shape index (κ3) is 5.50. The molecule has 100 valence electrons. The molecule has 0 aromatic carbocycles. The van der Waals surface area contributed by atoms with E-state index in [0.717, 1.165) is 32.6 Å². The number of nitrogens with one attached hydrogen (secondary N) is 2. The highest BCUT2D eigenvalue weighted by Gasteiger charge is 2.28. The molecule has 4 nitrogen and oxygen atoms in total. The van der Waals surface area contributed by atoms with Gasteiger partial charge < -0.3 is 15.4 Å². The maximum Gasteiger partial charge on any atom is 0.237 e. The maximum atomic E-state index is 11.8. The number of hydrogen-bond donors (Lipinski definition) is 2. The van der Waals surface area contributed by atoms with Crippen LogP contribution in [0.1, 0.15) is 33.6 Å². The Bertz CT molecular complexity index is 231. The fraction of sp³-hybridized carbons (Fsp3) is 0.923. The van der Waals surface area contributed by atoms with Crippen molar-refractivity contribution in [2.24, 2.45) is 11.8 Å². The molecule has 1 aliphatic heterocycles.